The summed E-state index contributed by atoms with van der Waals surface area (Å²) in [6.07, 6.45) is 8.44. The summed E-state index contributed by atoms with van der Waals surface area (Å²) in [4.78, 5) is 0. The Morgan fingerprint density at radius 3 is 3.09 bits per heavy atom. The molecule has 1 rings (SSSR count). The molecule has 0 bridgehead atoms. The standard InChI is InChI=1S/C10H19N/c1-3-4-10-7-9(2)5-6-11-8-10/h5-6,9-11H,3-4,7-8H2,1-2H3. The van der Waals surface area contributed by atoms with Crippen LogP contribution in [0.1, 0.15) is 33.1 Å². The largest absolute Gasteiger partial charge is 0.391 e. The third-order valence-corrected chi connectivity index (χ3v) is 2.35. The molecule has 1 nitrogen and oxygen atoms in total. The Morgan fingerprint density at radius 2 is 2.36 bits per heavy atom. The van der Waals surface area contributed by atoms with E-state index in [1.807, 2.05) is 0 Å². The quantitative estimate of drug-likeness (QED) is 0.643. The van der Waals surface area contributed by atoms with E-state index in [0.29, 0.717) is 0 Å². The fraction of sp³-hybridized carbons (Fsp3) is 0.800. The van der Waals surface area contributed by atoms with Gasteiger partial charge in [0.2, 0.25) is 0 Å². The molecular weight excluding hydrogens is 134 g/mol. The third kappa shape index (κ3) is 2.96. The molecule has 1 heteroatoms. The first kappa shape index (κ1) is 8.63. The minimum Gasteiger partial charge on any atom is -0.391 e. The maximum Gasteiger partial charge on any atom is 0.0169 e. The molecule has 0 saturated carbocycles. The molecule has 0 amide bonds. The van der Waals surface area contributed by atoms with Crippen LogP contribution in [-0.4, -0.2) is 6.54 Å². The van der Waals surface area contributed by atoms with Crippen LogP contribution >= 0.6 is 0 Å². The molecular formula is C10H19N. The zero-order valence-corrected chi connectivity index (χ0v) is 7.64. The average molecular weight is 153 g/mol. The summed E-state index contributed by atoms with van der Waals surface area (Å²) >= 11 is 0. The van der Waals surface area contributed by atoms with Gasteiger partial charge in [-0.2, -0.15) is 0 Å². The van der Waals surface area contributed by atoms with Crippen LogP contribution in [0.2, 0.25) is 0 Å². The van der Waals surface area contributed by atoms with Crippen molar-refractivity contribution in [3.8, 4) is 0 Å². The van der Waals surface area contributed by atoms with E-state index in [4.69, 9.17) is 0 Å². The SMILES string of the molecule is CCCC1CNC=CC(C)C1. The van der Waals surface area contributed by atoms with Gasteiger partial charge in [-0.3, -0.25) is 0 Å². The van der Waals surface area contributed by atoms with Gasteiger partial charge < -0.3 is 5.32 Å². The molecule has 1 N–H and O–H groups in total. The van der Waals surface area contributed by atoms with Gasteiger partial charge in [-0.15, -0.1) is 0 Å². The van der Waals surface area contributed by atoms with E-state index >= 15 is 0 Å². The Bertz CT molecular complexity index is 129. The Morgan fingerprint density at radius 1 is 1.55 bits per heavy atom. The lowest BCUT2D eigenvalue weighted by Crippen LogP contribution is -2.16. The smallest absolute Gasteiger partial charge is 0.0169 e. The molecule has 0 fully saturated rings. The average Bonchev–Trinajstić information content (AvgIpc) is 2.15. The fourth-order valence-corrected chi connectivity index (χ4v) is 1.78. The van der Waals surface area contributed by atoms with Crippen molar-refractivity contribution in [3.05, 3.63) is 12.3 Å². The minimum absolute atomic E-state index is 0.765. The maximum atomic E-state index is 3.33. The van der Waals surface area contributed by atoms with Crippen molar-refractivity contribution < 1.29 is 0 Å². The second-order valence-corrected chi connectivity index (χ2v) is 3.64. The van der Waals surface area contributed by atoms with Crippen LogP contribution in [0, 0.1) is 11.8 Å². The van der Waals surface area contributed by atoms with Crippen LogP contribution in [0.5, 0.6) is 0 Å². The van der Waals surface area contributed by atoms with Crippen molar-refractivity contribution in [2.24, 2.45) is 11.8 Å². The zero-order valence-electron chi connectivity index (χ0n) is 7.64. The van der Waals surface area contributed by atoms with Gasteiger partial charge in [0.25, 0.3) is 0 Å². The fourth-order valence-electron chi connectivity index (χ4n) is 1.78. The maximum absolute atomic E-state index is 3.33. The van der Waals surface area contributed by atoms with E-state index in [0.717, 1.165) is 11.8 Å². The van der Waals surface area contributed by atoms with Gasteiger partial charge in [-0.25, -0.2) is 0 Å². The lowest BCUT2D eigenvalue weighted by molar-refractivity contribution is 0.406. The molecule has 0 aromatic carbocycles. The van der Waals surface area contributed by atoms with E-state index in [9.17, 15) is 0 Å². The lowest BCUT2D eigenvalue weighted by Gasteiger charge is -2.15. The molecule has 2 unspecified atom stereocenters. The van der Waals surface area contributed by atoms with Crippen molar-refractivity contribution in [2.45, 2.75) is 33.1 Å². The summed E-state index contributed by atoms with van der Waals surface area (Å²) in [6, 6.07) is 0. The zero-order chi connectivity index (χ0) is 8.10. The van der Waals surface area contributed by atoms with Crippen LogP contribution in [0.3, 0.4) is 0 Å². The van der Waals surface area contributed by atoms with Gasteiger partial charge in [0.05, 0.1) is 0 Å². The Kier molecular flexibility index (Phi) is 3.47. The lowest BCUT2D eigenvalue weighted by atomic mass is 9.93. The monoisotopic (exact) mass is 153 g/mol. The van der Waals surface area contributed by atoms with Gasteiger partial charge in [0.15, 0.2) is 0 Å². The molecule has 0 spiro atoms. The van der Waals surface area contributed by atoms with Crippen LogP contribution in [0.15, 0.2) is 12.3 Å². The molecule has 0 radical (unpaired) electrons. The predicted molar refractivity (Wildman–Crippen MR) is 49.3 cm³/mol. The van der Waals surface area contributed by atoms with E-state index in [2.05, 4.69) is 31.4 Å². The first-order valence-electron chi connectivity index (χ1n) is 4.73. The molecule has 11 heavy (non-hydrogen) atoms. The number of rotatable bonds is 2. The van der Waals surface area contributed by atoms with Crippen molar-refractivity contribution >= 4 is 0 Å². The second-order valence-electron chi connectivity index (χ2n) is 3.64. The second kappa shape index (κ2) is 4.42. The molecule has 0 saturated heterocycles. The van der Waals surface area contributed by atoms with E-state index < -0.39 is 0 Å². The summed E-state index contributed by atoms with van der Waals surface area (Å²) in [7, 11) is 0. The summed E-state index contributed by atoms with van der Waals surface area (Å²) in [5.74, 6) is 1.66. The van der Waals surface area contributed by atoms with Gasteiger partial charge in [-0.05, 0) is 30.9 Å². The molecule has 0 aromatic heterocycles. The Balaban J connectivity index is 2.33. The molecule has 1 aliphatic rings. The first-order valence-corrected chi connectivity index (χ1v) is 4.73. The van der Waals surface area contributed by atoms with Crippen molar-refractivity contribution in [1.82, 2.24) is 5.32 Å². The van der Waals surface area contributed by atoms with Crippen LogP contribution in [0.25, 0.3) is 0 Å². The first-order chi connectivity index (χ1) is 5.33. The minimum atomic E-state index is 0.765. The van der Waals surface area contributed by atoms with Gasteiger partial charge in [0, 0.05) is 6.54 Å². The highest BCUT2D eigenvalue weighted by Crippen LogP contribution is 2.19. The number of hydrogen-bond acceptors (Lipinski definition) is 1. The molecule has 2 atom stereocenters. The molecule has 0 aliphatic carbocycles. The Hall–Kier alpha value is -0.460. The van der Waals surface area contributed by atoms with Crippen LogP contribution in [0.4, 0.5) is 0 Å². The topological polar surface area (TPSA) is 12.0 Å². The summed E-state index contributed by atoms with van der Waals surface area (Å²) in [5, 5.41) is 3.33. The van der Waals surface area contributed by atoms with Crippen molar-refractivity contribution in [3.63, 3.8) is 0 Å². The normalized spacial score (nSPS) is 31.1. The highest BCUT2D eigenvalue weighted by Gasteiger charge is 2.12. The molecule has 0 aromatic rings. The van der Waals surface area contributed by atoms with Crippen LogP contribution < -0.4 is 5.32 Å². The molecule has 1 heterocycles. The van der Waals surface area contributed by atoms with Gasteiger partial charge in [0.1, 0.15) is 0 Å². The number of allylic oxidation sites excluding steroid dienone is 1. The number of nitrogens with one attached hydrogen (secondary N) is 1. The van der Waals surface area contributed by atoms with Gasteiger partial charge >= 0.3 is 0 Å². The van der Waals surface area contributed by atoms with E-state index in [1.54, 1.807) is 0 Å². The summed E-state index contributed by atoms with van der Waals surface area (Å²) in [5.41, 5.74) is 0. The van der Waals surface area contributed by atoms with E-state index in [-0.39, 0.29) is 0 Å². The summed E-state index contributed by atoms with van der Waals surface area (Å²) in [6.45, 7) is 5.74. The highest BCUT2D eigenvalue weighted by molar-refractivity contribution is 4.89. The van der Waals surface area contributed by atoms with E-state index in [1.165, 1.54) is 25.8 Å². The van der Waals surface area contributed by atoms with Gasteiger partial charge in [-0.1, -0.05) is 26.3 Å². The summed E-state index contributed by atoms with van der Waals surface area (Å²) < 4.78 is 0. The number of hydrogen-bond donors (Lipinski definition) is 1. The van der Waals surface area contributed by atoms with Crippen LogP contribution in [-0.2, 0) is 0 Å². The third-order valence-electron chi connectivity index (χ3n) is 2.35. The Labute approximate surface area is 69.9 Å². The predicted octanol–water partition coefficient (Wildman–Crippen LogP) is 2.55. The highest BCUT2D eigenvalue weighted by atomic mass is 14.8. The van der Waals surface area contributed by atoms with Crippen molar-refractivity contribution in [2.75, 3.05) is 6.54 Å². The molecule has 64 valence electrons. The molecule has 1 aliphatic heterocycles. The van der Waals surface area contributed by atoms with Crippen molar-refractivity contribution in [1.29, 1.82) is 0 Å².